The number of rotatable bonds is 3. The molecule has 0 aliphatic heterocycles. The van der Waals surface area contributed by atoms with Gasteiger partial charge in [0.1, 0.15) is 0 Å². The van der Waals surface area contributed by atoms with E-state index in [-0.39, 0.29) is 0 Å². The molecule has 0 amide bonds. The molecule has 0 saturated heterocycles. The third-order valence-corrected chi connectivity index (χ3v) is 3.19. The second-order valence-electron chi connectivity index (χ2n) is 3.74. The van der Waals surface area contributed by atoms with Gasteiger partial charge in [0.15, 0.2) is 0 Å². The van der Waals surface area contributed by atoms with E-state index in [1.807, 2.05) is 6.92 Å². The summed E-state index contributed by atoms with van der Waals surface area (Å²) in [6.45, 7) is 3.01. The Labute approximate surface area is 86.5 Å². The van der Waals surface area contributed by atoms with Crippen molar-refractivity contribution in [3.05, 3.63) is 12.2 Å². The summed E-state index contributed by atoms with van der Waals surface area (Å²) in [5, 5.41) is 3.83. The SMILES string of the molecule is C/C=C/CNC1CCCCCC1Cl. The van der Waals surface area contributed by atoms with Crippen LogP contribution in [0.5, 0.6) is 0 Å². The quantitative estimate of drug-likeness (QED) is 0.421. The van der Waals surface area contributed by atoms with Crippen LogP contribution in [-0.2, 0) is 0 Å². The van der Waals surface area contributed by atoms with Crippen molar-refractivity contribution in [2.45, 2.75) is 50.4 Å². The summed E-state index contributed by atoms with van der Waals surface area (Å²) in [6.07, 6.45) is 10.6. The standard InChI is InChI=1S/C11H20ClN/c1-2-3-9-13-11-8-6-4-5-7-10(11)12/h2-3,10-11,13H,4-9H2,1H3/b3-2+. The van der Waals surface area contributed by atoms with E-state index in [0.717, 1.165) is 6.54 Å². The van der Waals surface area contributed by atoms with Gasteiger partial charge in [-0.3, -0.25) is 0 Å². The van der Waals surface area contributed by atoms with Crippen LogP contribution >= 0.6 is 11.6 Å². The molecule has 2 unspecified atom stereocenters. The first-order valence-electron chi connectivity index (χ1n) is 5.33. The number of alkyl halides is 1. The van der Waals surface area contributed by atoms with Gasteiger partial charge >= 0.3 is 0 Å². The van der Waals surface area contributed by atoms with E-state index in [1.54, 1.807) is 0 Å². The molecule has 1 fully saturated rings. The molecule has 0 aromatic heterocycles. The molecule has 0 aromatic rings. The van der Waals surface area contributed by atoms with Crippen molar-refractivity contribution in [2.24, 2.45) is 0 Å². The van der Waals surface area contributed by atoms with Gasteiger partial charge in [-0.1, -0.05) is 31.4 Å². The van der Waals surface area contributed by atoms with Crippen molar-refractivity contribution < 1.29 is 0 Å². The average molecular weight is 202 g/mol. The van der Waals surface area contributed by atoms with Crippen LogP contribution in [0.1, 0.15) is 39.0 Å². The minimum absolute atomic E-state index is 0.341. The summed E-state index contributed by atoms with van der Waals surface area (Å²) in [4.78, 5) is 0. The highest BCUT2D eigenvalue weighted by molar-refractivity contribution is 6.21. The maximum Gasteiger partial charge on any atom is 0.0489 e. The third-order valence-electron chi connectivity index (χ3n) is 2.67. The fourth-order valence-electron chi connectivity index (χ4n) is 1.83. The highest BCUT2D eigenvalue weighted by atomic mass is 35.5. The molecule has 1 N–H and O–H groups in total. The molecular formula is C11H20ClN. The Morgan fingerprint density at radius 3 is 2.85 bits per heavy atom. The van der Waals surface area contributed by atoms with Gasteiger partial charge in [0.2, 0.25) is 0 Å². The molecule has 0 radical (unpaired) electrons. The molecule has 2 heteroatoms. The van der Waals surface area contributed by atoms with Crippen molar-refractivity contribution in [2.75, 3.05) is 6.54 Å². The maximum atomic E-state index is 6.28. The zero-order valence-electron chi connectivity index (χ0n) is 8.43. The van der Waals surface area contributed by atoms with Crippen LogP contribution in [0.3, 0.4) is 0 Å². The zero-order valence-corrected chi connectivity index (χ0v) is 9.19. The first-order chi connectivity index (χ1) is 6.34. The average Bonchev–Trinajstić information content (AvgIpc) is 2.32. The van der Waals surface area contributed by atoms with Crippen LogP contribution in [-0.4, -0.2) is 18.0 Å². The molecule has 1 aliphatic carbocycles. The van der Waals surface area contributed by atoms with Gasteiger partial charge < -0.3 is 5.32 Å². The van der Waals surface area contributed by atoms with E-state index >= 15 is 0 Å². The Kier molecular flexibility index (Phi) is 5.49. The van der Waals surface area contributed by atoms with Crippen LogP contribution in [0.4, 0.5) is 0 Å². The lowest BCUT2D eigenvalue weighted by Crippen LogP contribution is -2.36. The summed E-state index contributed by atoms with van der Waals surface area (Å²) in [5.74, 6) is 0. The second-order valence-corrected chi connectivity index (χ2v) is 4.30. The van der Waals surface area contributed by atoms with E-state index in [9.17, 15) is 0 Å². The molecule has 0 spiro atoms. The Bertz CT molecular complexity index is 156. The molecule has 0 heterocycles. The van der Waals surface area contributed by atoms with Gasteiger partial charge in [-0.05, 0) is 19.8 Å². The molecule has 1 saturated carbocycles. The third kappa shape index (κ3) is 4.15. The normalized spacial score (nSPS) is 30.6. The highest BCUT2D eigenvalue weighted by Gasteiger charge is 2.20. The molecule has 1 aliphatic rings. The summed E-state index contributed by atoms with van der Waals surface area (Å²) in [7, 11) is 0. The topological polar surface area (TPSA) is 12.0 Å². The lowest BCUT2D eigenvalue weighted by Gasteiger charge is -2.20. The fourth-order valence-corrected chi connectivity index (χ4v) is 2.20. The molecule has 1 rings (SSSR count). The van der Waals surface area contributed by atoms with Crippen molar-refractivity contribution in [3.63, 3.8) is 0 Å². The van der Waals surface area contributed by atoms with E-state index in [0.29, 0.717) is 11.4 Å². The van der Waals surface area contributed by atoms with Crippen molar-refractivity contribution >= 4 is 11.6 Å². The monoisotopic (exact) mass is 201 g/mol. The maximum absolute atomic E-state index is 6.28. The lowest BCUT2D eigenvalue weighted by atomic mass is 10.1. The van der Waals surface area contributed by atoms with Crippen LogP contribution < -0.4 is 5.32 Å². The predicted molar refractivity (Wildman–Crippen MR) is 59.3 cm³/mol. The Morgan fingerprint density at radius 1 is 1.31 bits per heavy atom. The molecule has 0 bridgehead atoms. The Hall–Kier alpha value is -0.0100. The van der Waals surface area contributed by atoms with Crippen molar-refractivity contribution in [3.8, 4) is 0 Å². The first kappa shape index (κ1) is 11.1. The molecule has 76 valence electrons. The number of halogens is 1. The molecule has 1 nitrogen and oxygen atoms in total. The summed E-state index contributed by atoms with van der Waals surface area (Å²) in [6, 6.07) is 0.528. The van der Waals surface area contributed by atoms with Gasteiger partial charge in [0.05, 0.1) is 0 Å². The minimum Gasteiger partial charge on any atom is -0.309 e. The number of hydrogen-bond donors (Lipinski definition) is 1. The number of nitrogens with one attached hydrogen (secondary N) is 1. The van der Waals surface area contributed by atoms with Crippen LogP contribution in [0.2, 0.25) is 0 Å². The predicted octanol–water partition coefficient (Wildman–Crippen LogP) is 3.09. The van der Waals surface area contributed by atoms with Gasteiger partial charge in [-0.2, -0.15) is 0 Å². The van der Waals surface area contributed by atoms with Crippen LogP contribution in [0.15, 0.2) is 12.2 Å². The number of hydrogen-bond acceptors (Lipinski definition) is 1. The largest absolute Gasteiger partial charge is 0.309 e. The zero-order chi connectivity index (χ0) is 9.52. The summed E-state index contributed by atoms with van der Waals surface area (Å²) in [5.41, 5.74) is 0. The Morgan fingerprint density at radius 2 is 2.08 bits per heavy atom. The van der Waals surface area contributed by atoms with E-state index in [4.69, 9.17) is 11.6 Å². The second kappa shape index (κ2) is 6.44. The van der Waals surface area contributed by atoms with E-state index < -0.39 is 0 Å². The minimum atomic E-state index is 0.341. The fraction of sp³-hybridized carbons (Fsp3) is 0.818. The van der Waals surface area contributed by atoms with Crippen LogP contribution in [0, 0.1) is 0 Å². The van der Waals surface area contributed by atoms with Gasteiger partial charge in [-0.15, -0.1) is 11.6 Å². The van der Waals surface area contributed by atoms with Gasteiger partial charge in [0.25, 0.3) is 0 Å². The van der Waals surface area contributed by atoms with Crippen molar-refractivity contribution in [1.29, 1.82) is 0 Å². The Balaban J connectivity index is 2.27. The first-order valence-corrected chi connectivity index (χ1v) is 5.77. The summed E-state index contributed by atoms with van der Waals surface area (Å²) >= 11 is 6.28. The van der Waals surface area contributed by atoms with Crippen LogP contribution in [0.25, 0.3) is 0 Å². The highest BCUT2D eigenvalue weighted by Crippen LogP contribution is 2.22. The molecule has 13 heavy (non-hydrogen) atoms. The smallest absolute Gasteiger partial charge is 0.0489 e. The van der Waals surface area contributed by atoms with E-state index in [2.05, 4.69) is 17.5 Å². The van der Waals surface area contributed by atoms with Gasteiger partial charge in [-0.25, -0.2) is 0 Å². The number of allylic oxidation sites excluding steroid dienone is 1. The van der Waals surface area contributed by atoms with E-state index in [1.165, 1.54) is 32.1 Å². The van der Waals surface area contributed by atoms with Gasteiger partial charge in [0, 0.05) is 18.0 Å². The summed E-state index contributed by atoms with van der Waals surface area (Å²) < 4.78 is 0. The molecular weight excluding hydrogens is 182 g/mol. The lowest BCUT2D eigenvalue weighted by molar-refractivity contribution is 0.487. The molecule has 2 atom stereocenters. The van der Waals surface area contributed by atoms with Crippen molar-refractivity contribution in [1.82, 2.24) is 5.32 Å². The molecule has 0 aromatic carbocycles.